The Morgan fingerprint density at radius 2 is 1.92 bits per heavy atom. The van der Waals surface area contributed by atoms with E-state index in [9.17, 15) is 0 Å². The van der Waals surface area contributed by atoms with Gasteiger partial charge in [0, 0.05) is 10.0 Å². The monoisotopic (exact) mass is 239 g/mol. The van der Waals surface area contributed by atoms with Gasteiger partial charge in [-0.15, -0.1) is 0 Å². The van der Waals surface area contributed by atoms with Crippen molar-refractivity contribution < 1.29 is 0 Å². The third kappa shape index (κ3) is 1.53. The maximum Gasteiger partial charge on any atom is 0.0414 e. The van der Waals surface area contributed by atoms with Gasteiger partial charge in [0.2, 0.25) is 0 Å². The van der Waals surface area contributed by atoms with Crippen LogP contribution in [0.1, 0.15) is 29.5 Å². The second-order valence-electron chi connectivity index (χ2n) is 4.08. The SMILES string of the molecule is Cc1cc(Br)c(C)c(C2(N)CC2)c1. The van der Waals surface area contributed by atoms with Crippen LogP contribution in [0.25, 0.3) is 0 Å². The lowest BCUT2D eigenvalue weighted by molar-refractivity contribution is 0.731. The van der Waals surface area contributed by atoms with Crippen LogP contribution in [0, 0.1) is 13.8 Å². The summed E-state index contributed by atoms with van der Waals surface area (Å²) in [7, 11) is 0. The first kappa shape index (κ1) is 9.22. The van der Waals surface area contributed by atoms with E-state index in [4.69, 9.17) is 5.73 Å². The molecule has 0 bridgehead atoms. The Kier molecular flexibility index (Phi) is 2.00. The predicted molar refractivity (Wildman–Crippen MR) is 58.7 cm³/mol. The molecule has 0 saturated heterocycles. The molecule has 0 aliphatic heterocycles. The molecule has 0 heterocycles. The van der Waals surface area contributed by atoms with Crippen LogP contribution in [-0.2, 0) is 5.54 Å². The molecule has 70 valence electrons. The smallest absolute Gasteiger partial charge is 0.0414 e. The molecule has 1 aliphatic rings. The molecule has 1 saturated carbocycles. The van der Waals surface area contributed by atoms with Crippen molar-refractivity contribution in [2.75, 3.05) is 0 Å². The molecule has 0 radical (unpaired) electrons. The summed E-state index contributed by atoms with van der Waals surface area (Å²) in [6.45, 7) is 4.24. The molecule has 1 fully saturated rings. The lowest BCUT2D eigenvalue weighted by Crippen LogP contribution is -2.20. The summed E-state index contributed by atoms with van der Waals surface area (Å²) in [5.74, 6) is 0. The number of benzene rings is 1. The minimum atomic E-state index is -0.0153. The fourth-order valence-corrected chi connectivity index (χ4v) is 2.31. The summed E-state index contributed by atoms with van der Waals surface area (Å²) in [6, 6.07) is 4.36. The molecule has 1 nitrogen and oxygen atoms in total. The summed E-state index contributed by atoms with van der Waals surface area (Å²) in [5, 5.41) is 0. The molecule has 0 unspecified atom stereocenters. The minimum absolute atomic E-state index is 0.0153. The topological polar surface area (TPSA) is 26.0 Å². The van der Waals surface area contributed by atoms with Crippen molar-refractivity contribution in [2.24, 2.45) is 5.73 Å². The Bertz CT molecular complexity index is 353. The zero-order valence-corrected chi connectivity index (χ0v) is 9.61. The summed E-state index contributed by atoms with van der Waals surface area (Å²) >= 11 is 3.56. The standard InChI is InChI=1S/C11H14BrN/c1-7-5-9(11(13)3-4-11)8(2)10(12)6-7/h5-6H,3-4,13H2,1-2H3. The summed E-state index contributed by atoms with van der Waals surface area (Å²) in [4.78, 5) is 0. The minimum Gasteiger partial charge on any atom is -0.321 e. The van der Waals surface area contributed by atoms with Gasteiger partial charge >= 0.3 is 0 Å². The quantitative estimate of drug-likeness (QED) is 0.802. The van der Waals surface area contributed by atoms with E-state index >= 15 is 0 Å². The van der Waals surface area contributed by atoms with Gasteiger partial charge < -0.3 is 5.73 Å². The number of rotatable bonds is 1. The van der Waals surface area contributed by atoms with Gasteiger partial charge in [-0.2, -0.15) is 0 Å². The van der Waals surface area contributed by atoms with Crippen LogP contribution in [0.5, 0.6) is 0 Å². The van der Waals surface area contributed by atoms with E-state index in [0.29, 0.717) is 0 Å². The summed E-state index contributed by atoms with van der Waals surface area (Å²) in [6.07, 6.45) is 2.26. The summed E-state index contributed by atoms with van der Waals surface area (Å²) in [5.41, 5.74) is 10.1. The molecule has 0 atom stereocenters. The highest BCUT2D eigenvalue weighted by Gasteiger charge is 2.41. The van der Waals surface area contributed by atoms with E-state index < -0.39 is 0 Å². The van der Waals surface area contributed by atoms with Crippen molar-refractivity contribution in [3.8, 4) is 0 Å². The number of nitrogens with two attached hydrogens (primary N) is 1. The highest BCUT2D eigenvalue weighted by molar-refractivity contribution is 9.10. The molecule has 0 spiro atoms. The van der Waals surface area contributed by atoms with Crippen molar-refractivity contribution >= 4 is 15.9 Å². The molecule has 1 aliphatic carbocycles. The fraction of sp³-hybridized carbons (Fsp3) is 0.455. The first-order valence-corrected chi connectivity index (χ1v) is 5.38. The molecule has 0 aromatic heterocycles. The number of hydrogen-bond acceptors (Lipinski definition) is 1. The van der Waals surface area contributed by atoms with Crippen molar-refractivity contribution in [1.29, 1.82) is 0 Å². The molecule has 2 N–H and O–H groups in total. The maximum atomic E-state index is 6.19. The highest BCUT2D eigenvalue weighted by atomic mass is 79.9. The van der Waals surface area contributed by atoms with Crippen LogP contribution in [0.2, 0.25) is 0 Å². The van der Waals surface area contributed by atoms with Gasteiger partial charge in [0.05, 0.1) is 0 Å². The van der Waals surface area contributed by atoms with Gasteiger partial charge in [-0.25, -0.2) is 0 Å². The van der Waals surface area contributed by atoms with E-state index in [2.05, 4.69) is 41.9 Å². The van der Waals surface area contributed by atoms with E-state index in [1.165, 1.54) is 21.2 Å². The van der Waals surface area contributed by atoms with Gasteiger partial charge in [0.25, 0.3) is 0 Å². The molecule has 13 heavy (non-hydrogen) atoms. The maximum absolute atomic E-state index is 6.19. The lowest BCUT2D eigenvalue weighted by Gasteiger charge is -2.15. The Morgan fingerprint density at radius 3 is 2.46 bits per heavy atom. The average molecular weight is 240 g/mol. The molecule has 1 aromatic rings. The van der Waals surface area contributed by atoms with Gasteiger partial charge in [0.1, 0.15) is 0 Å². The lowest BCUT2D eigenvalue weighted by atomic mass is 9.98. The second kappa shape index (κ2) is 2.82. The highest BCUT2D eigenvalue weighted by Crippen LogP contribution is 2.45. The van der Waals surface area contributed by atoms with E-state index in [1.54, 1.807) is 0 Å². The van der Waals surface area contributed by atoms with Crippen molar-refractivity contribution in [2.45, 2.75) is 32.2 Å². The predicted octanol–water partition coefficient (Wildman–Crippen LogP) is 3.01. The Labute approximate surface area is 87.5 Å². The molecule has 2 rings (SSSR count). The van der Waals surface area contributed by atoms with Crippen LogP contribution in [0.4, 0.5) is 0 Å². The van der Waals surface area contributed by atoms with Crippen molar-refractivity contribution in [1.82, 2.24) is 0 Å². The second-order valence-corrected chi connectivity index (χ2v) is 4.93. The average Bonchev–Trinajstić information content (AvgIpc) is 2.77. The van der Waals surface area contributed by atoms with Gasteiger partial charge in [-0.1, -0.05) is 22.0 Å². The Balaban J connectivity index is 2.56. The zero-order valence-electron chi connectivity index (χ0n) is 8.02. The molecule has 2 heteroatoms. The number of halogens is 1. The van der Waals surface area contributed by atoms with Gasteiger partial charge in [-0.3, -0.25) is 0 Å². The molecule has 0 amide bonds. The van der Waals surface area contributed by atoms with E-state index in [-0.39, 0.29) is 5.54 Å². The first-order valence-electron chi connectivity index (χ1n) is 4.59. The van der Waals surface area contributed by atoms with Crippen LogP contribution in [0.15, 0.2) is 16.6 Å². The summed E-state index contributed by atoms with van der Waals surface area (Å²) < 4.78 is 1.18. The Hall–Kier alpha value is -0.340. The third-order valence-electron chi connectivity index (χ3n) is 2.81. The molecular weight excluding hydrogens is 226 g/mol. The Morgan fingerprint density at radius 1 is 1.31 bits per heavy atom. The van der Waals surface area contributed by atoms with Crippen LogP contribution >= 0.6 is 15.9 Å². The fourth-order valence-electron chi connectivity index (χ4n) is 1.74. The largest absolute Gasteiger partial charge is 0.321 e. The zero-order chi connectivity index (χ0) is 9.64. The van der Waals surface area contributed by atoms with Crippen LogP contribution in [-0.4, -0.2) is 0 Å². The normalized spacial score (nSPS) is 18.8. The van der Waals surface area contributed by atoms with Crippen LogP contribution < -0.4 is 5.73 Å². The van der Waals surface area contributed by atoms with Gasteiger partial charge in [0.15, 0.2) is 0 Å². The van der Waals surface area contributed by atoms with Crippen molar-refractivity contribution in [3.05, 3.63) is 33.3 Å². The third-order valence-corrected chi connectivity index (χ3v) is 3.64. The number of hydrogen-bond donors (Lipinski definition) is 1. The van der Waals surface area contributed by atoms with Crippen molar-refractivity contribution in [3.63, 3.8) is 0 Å². The van der Waals surface area contributed by atoms with E-state index in [1.807, 2.05) is 0 Å². The van der Waals surface area contributed by atoms with E-state index in [0.717, 1.165) is 12.8 Å². The first-order chi connectivity index (χ1) is 6.03. The van der Waals surface area contributed by atoms with Crippen LogP contribution in [0.3, 0.4) is 0 Å². The number of aryl methyl sites for hydroxylation is 1. The van der Waals surface area contributed by atoms with Gasteiger partial charge in [-0.05, 0) is 49.4 Å². The molecule has 1 aromatic carbocycles. The molecular formula is C11H14BrN.